The van der Waals surface area contributed by atoms with Gasteiger partial charge in [0.15, 0.2) is 5.76 Å². The van der Waals surface area contributed by atoms with Crippen molar-refractivity contribution in [2.24, 2.45) is 0 Å². The molecular weight excluding hydrogens is 340 g/mol. The van der Waals surface area contributed by atoms with Crippen LogP contribution in [0.2, 0.25) is 0 Å². The molecular formula is C22H22N2O3. The molecule has 1 aliphatic carbocycles. The van der Waals surface area contributed by atoms with Crippen molar-refractivity contribution < 1.29 is 14.4 Å². The van der Waals surface area contributed by atoms with Crippen LogP contribution < -0.4 is 5.32 Å². The van der Waals surface area contributed by atoms with Crippen LogP contribution >= 0.6 is 0 Å². The van der Waals surface area contributed by atoms with E-state index in [0.29, 0.717) is 23.1 Å². The largest absolute Gasteiger partial charge is 0.465 e. The molecule has 2 N–H and O–H groups in total. The lowest BCUT2D eigenvalue weighted by atomic mass is 9.83. The summed E-state index contributed by atoms with van der Waals surface area (Å²) in [5.41, 5.74) is 8.29. The number of amides is 1. The second-order valence-corrected chi connectivity index (χ2v) is 7.35. The molecule has 27 heavy (non-hydrogen) atoms. The molecule has 138 valence electrons. The van der Waals surface area contributed by atoms with Crippen LogP contribution in [0.5, 0.6) is 0 Å². The molecule has 1 heterocycles. The second kappa shape index (κ2) is 6.58. The van der Waals surface area contributed by atoms with Gasteiger partial charge in [-0.1, -0.05) is 49.3 Å². The Bertz CT molecular complexity index is 1030. The van der Waals surface area contributed by atoms with E-state index >= 15 is 0 Å². The number of aryl methyl sites for hydroxylation is 3. The molecule has 4 rings (SSSR count). The molecule has 3 aromatic rings. The van der Waals surface area contributed by atoms with Crippen molar-refractivity contribution in [3.8, 4) is 22.5 Å². The van der Waals surface area contributed by atoms with Crippen LogP contribution in [0.4, 0.5) is 10.5 Å². The lowest BCUT2D eigenvalue weighted by molar-refractivity contribution is 0.209. The Balaban J connectivity index is 1.75. The highest BCUT2D eigenvalue weighted by Crippen LogP contribution is 2.39. The lowest BCUT2D eigenvalue weighted by Gasteiger charge is -2.22. The van der Waals surface area contributed by atoms with Crippen LogP contribution in [0.3, 0.4) is 0 Å². The van der Waals surface area contributed by atoms with Gasteiger partial charge in [0.05, 0.1) is 0 Å². The number of nitrogens with one attached hydrogen (secondary N) is 1. The van der Waals surface area contributed by atoms with E-state index in [-0.39, 0.29) is 0 Å². The zero-order valence-corrected chi connectivity index (χ0v) is 15.7. The van der Waals surface area contributed by atoms with Crippen molar-refractivity contribution in [3.05, 3.63) is 58.8 Å². The molecule has 0 bridgehead atoms. The first-order chi connectivity index (χ1) is 12.9. The van der Waals surface area contributed by atoms with Crippen LogP contribution in [0, 0.1) is 6.92 Å². The van der Waals surface area contributed by atoms with Gasteiger partial charge in [-0.15, -0.1) is 0 Å². The second-order valence-electron chi connectivity index (χ2n) is 7.35. The standard InChI is InChI=1S/C22H22N2O3/c1-12(2)14-6-8-18-15(10-14)4-5-16-11-17(7-9-19(16)18)21-20(23-22(25)26)13(3)24-27-21/h6-12,23H,4-5H2,1-3H3,(H,25,26). The zero-order chi connectivity index (χ0) is 19.1. The molecule has 0 radical (unpaired) electrons. The van der Waals surface area contributed by atoms with Crippen LogP contribution in [0.15, 0.2) is 40.9 Å². The maximum atomic E-state index is 11.1. The normalized spacial score (nSPS) is 12.6. The fraction of sp³-hybridized carbons (Fsp3) is 0.273. The van der Waals surface area contributed by atoms with E-state index in [1.807, 2.05) is 6.07 Å². The summed E-state index contributed by atoms with van der Waals surface area (Å²) < 4.78 is 5.41. The molecule has 5 nitrogen and oxygen atoms in total. The number of rotatable bonds is 3. The third kappa shape index (κ3) is 3.10. The third-order valence-electron chi connectivity index (χ3n) is 5.21. The number of anilines is 1. The van der Waals surface area contributed by atoms with Gasteiger partial charge >= 0.3 is 6.09 Å². The molecule has 1 amide bonds. The summed E-state index contributed by atoms with van der Waals surface area (Å²) in [7, 11) is 0. The first kappa shape index (κ1) is 17.3. The number of hydrogen-bond donors (Lipinski definition) is 2. The molecule has 0 unspecified atom stereocenters. The summed E-state index contributed by atoms with van der Waals surface area (Å²) in [5, 5.41) is 15.4. The van der Waals surface area contributed by atoms with E-state index in [2.05, 4.69) is 54.7 Å². The highest BCUT2D eigenvalue weighted by atomic mass is 16.5. The van der Waals surface area contributed by atoms with Crippen molar-refractivity contribution in [1.29, 1.82) is 0 Å². The highest BCUT2D eigenvalue weighted by molar-refractivity contribution is 5.90. The van der Waals surface area contributed by atoms with Crippen molar-refractivity contribution in [2.45, 2.75) is 39.5 Å². The summed E-state index contributed by atoms with van der Waals surface area (Å²) in [6, 6.07) is 12.9. The van der Waals surface area contributed by atoms with Gasteiger partial charge in [-0.2, -0.15) is 0 Å². The van der Waals surface area contributed by atoms with Gasteiger partial charge in [-0.25, -0.2) is 4.79 Å². The van der Waals surface area contributed by atoms with Crippen molar-refractivity contribution in [2.75, 3.05) is 5.32 Å². The first-order valence-corrected chi connectivity index (χ1v) is 9.16. The number of hydrogen-bond acceptors (Lipinski definition) is 3. The van der Waals surface area contributed by atoms with E-state index in [4.69, 9.17) is 9.63 Å². The number of fused-ring (bicyclic) bond motifs is 3. The van der Waals surface area contributed by atoms with Gasteiger partial charge < -0.3 is 9.63 Å². The van der Waals surface area contributed by atoms with Gasteiger partial charge in [0, 0.05) is 5.56 Å². The molecule has 0 atom stereocenters. The molecule has 5 heteroatoms. The quantitative estimate of drug-likeness (QED) is 0.633. The smallest absolute Gasteiger partial charge is 0.409 e. The average molecular weight is 362 g/mol. The Morgan fingerprint density at radius 3 is 2.44 bits per heavy atom. The van der Waals surface area contributed by atoms with E-state index in [9.17, 15) is 4.79 Å². The van der Waals surface area contributed by atoms with Crippen LogP contribution in [-0.4, -0.2) is 16.4 Å². The number of benzene rings is 2. The summed E-state index contributed by atoms with van der Waals surface area (Å²) in [6.45, 7) is 6.15. The minimum Gasteiger partial charge on any atom is -0.465 e. The Kier molecular flexibility index (Phi) is 4.22. The summed E-state index contributed by atoms with van der Waals surface area (Å²) in [6.07, 6.45) is 0.824. The predicted octanol–water partition coefficient (Wildman–Crippen LogP) is 5.63. The van der Waals surface area contributed by atoms with Crippen molar-refractivity contribution in [1.82, 2.24) is 5.16 Å². The van der Waals surface area contributed by atoms with Gasteiger partial charge in [0.2, 0.25) is 0 Å². The van der Waals surface area contributed by atoms with Gasteiger partial charge in [0.25, 0.3) is 0 Å². The van der Waals surface area contributed by atoms with E-state index in [1.165, 1.54) is 27.8 Å². The summed E-state index contributed by atoms with van der Waals surface area (Å²) >= 11 is 0. The molecule has 0 spiro atoms. The fourth-order valence-electron chi connectivity index (χ4n) is 3.74. The highest BCUT2D eigenvalue weighted by Gasteiger charge is 2.21. The fourth-order valence-corrected chi connectivity index (χ4v) is 3.74. The van der Waals surface area contributed by atoms with Gasteiger partial charge in [0.1, 0.15) is 11.4 Å². The Labute approximate surface area is 158 Å². The molecule has 2 aromatic carbocycles. The summed E-state index contributed by atoms with van der Waals surface area (Å²) in [5.74, 6) is 0.979. The Morgan fingerprint density at radius 1 is 1.11 bits per heavy atom. The minimum absolute atomic E-state index is 0.403. The van der Waals surface area contributed by atoms with Crippen molar-refractivity contribution >= 4 is 11.8 Å². The number of nitrogens with zero attached hydrogens (tertiary/aromatic N) is 1. The Morgan fingerprint density at radius 2 is 1.78 bits per heavy atom. The van der Waals surface area contributed by atoms with Crippen molar-refractivity contribution in [3.63, 3.8) is 0 Å². The molecule has 1 aromatic heterocycles. The SMILES string of the molecule is Cc1noc(-c2ccc3c(c2)CCc2cc(C(C)C)ccc2-3)c1NC(=O)O. The number of carbonyl (C=O) groups is 1. The third-order valence-corrected chi connectivity index (χ3v) is 5.21. The van der Waals surface area contributed by atoms with Gasteiger partial charge in [-0.05, 0) is 59.6 Å². The number of aromatic nitrogens is 1. The minimum atomic E-state index is -1.13. The predicted molar refractivity (Wildman–Crippen MR) is 105 cm³/mol. The van der Waals surface area contributed by atoms with E-state index in [0.717, 1.165) is 18.4 Å². The van der Waals surface area contributed by atoms with Crippen LogP contribution in [0.1, 0.15) is 42.1 Å². The first-order valence-electron chi connectivity index (χ1n) is 9.16. The molecule has 0 saturated heterocycles. The van der Waals surface area contributed by atoms with E-state index < -0.39 is 6.09 Å². The molecule has 0 aliphatic heterocycles. The average Bonchev–Trinajstić information content (AvgIpc) is 3.00. The topological polar surface area (TPSA) is 75.4 Å². The molecule has 0 saturated carbocycles. The molecule has 0 fully saturated rings. The van der Waals surface area contributed by atoms with Gasteiger partial charge in [-0.3, -0.25) is 5.32 Å². The number of carboxylic acid groups (broad SMARTS) is 1. The van der Waals surface area contributed by atoms with Crippen LogP contribution in [-0.2, 0) is 12.8 Å². The van der Waals surface area contributed by atoms with Crippen LogP contribution in [0.25, 0.3) is 22.5 Å². The zero-order valence-electron chi connectivity index (χ0n) is 15.7. The molecule has 1 aliphatic rings. The van der Waals surface area contributed by atoms with E-state index in [1.54, 1.807) is 6.92 Å². The summed E-state index contributed by atoms with van der Waals surface area (Å²) in [4.78, 5) is 11.1. The maximum Gasteiger partial charge on any atom is 0.409 e. The lowest BCUT2D eigenvalue weighted by Crippen LogP contribution is -2.08. The Hall–Kier alpha value is -3.08. The maximum absolute atomic E-state index is 11.1. The monoisotopic (exact) mass is 362 g/mol.